The molecule has 2 aromatic carbocycles. The summed E-state index contributed by atoms with van der Waals surface area (Å²) >= 11 is 0. The number of aryl methyl sites for hydroxylation is 1. The van der Waals surface area contributed by atoms with E-state index in [-0.39, 0.29) is 18.5 Å². The van der Waals surface area contributed by atoms with Crippen LogP contribution in [0, 0.1) is 0 Å². The molecule has 10 heteroatoms. The fraction of sp³-hybridized carbons (Fsp3) is 0.417. The number of methoxy groups -OCH3 is 1. The molecule has 0 bridgehead atoms. The van der Waals surface area contributed by atoms with Gasteiger partial charge < -0.3 is 14.6 Å². The minimum atomic E-state index is -3.55. The third-order valence-corrected chi connectivity index (χ3v) is 7.29. The van der Waals surface area contributed by atoms with Crippen molar-refractivity contribution in [3.05, 3.63) is 66.4 Å². The highest BCUT2D eigenvalue weighted by molar-refractivity contribution is 7.88. The highest BCUT2D eigenvalue weighted by atomic mass is 32.2. The van der Waals surface area contributed by atoms with Crippen molar-refractivity contribution in [1.29, 1.82) is 0 Å². The van der Waals surface area contributed by atoms with Crippen molar-refractivity contribution in [2.75, 3.05) is 13.7 Å². The molecule has 9 nitrogen and oxygen atoms in total. The van der Waals surface area contributed by atoms with Gasteiger partial charge in [-0.2, -0.15) is 0 Å². The van der Waals surface area contributed by atoms with E-state index in [1.54, 1.807) is 23.9 Å². The molecular formula is C24H30N4O5S. The third-order valence-electron chi connectivity index (χ3n) is 5.91. The molecule has 0 unspecified atom stereocenters. The third kappa shape index (κ3) is 6.41. The molecule has 3 aromatic rings. The van der Waals surface area contributed by atoms with Crippen LogP contribution in [0.5, 0.6) is 5.75 Å². The zero-order chi connectivity index (χ0) is 24.0. The molecule has 2 N–H and O–H groups in total. The van der Waals surface area contributed by atoms with Crippen LogP contribution in [0.4, 0.5) is 0 Å². The topological polar surface area (TPSA) is 116 Å². The monoisotopic (exact) mass is 486 g/mol. The maximum atomic E-state index is 12.6. The van der Waals surface area contributed by atoms with Crippen LogP contribution in [0.3, 0.4) is 0 Å². The van der Waals surface area contributed by atoms with Gasteiger partial charge in [-0.05, 0) is 37.0 Å². The van der Waals surface area contributed by atoms with Crippen LogP contribution in [-0.4, -0.2) is 60.5 Å². The quantitative estimate of drug-likeness (QED) is 0.452. The van der Waals surface area contributed by atoms with Gasteiger partial charge in [-0.25, -0.2) is 13.1 Å². The number of sulfonamides is 1. The van der Waals surface area contributed by atoms with E-state index in [0.29, 0.717) is 31.4 Å². The van der Waals surface area contributed by atoms with Gasteiger partial charge >= 0.3 is 0 Å². The largest absolute Gasteiger partial charge is 0.497 e. The predicted molar refractivity (Wildman–Crippen MR) is 128 cm³/mol. The van der Waals surface area contributed by atoms with E-state index >= 15 is 0 Å². The van der Waals surface area contributed by atoms with Crippen LogP contribution in [0.1, 0.15) is 24.8 Å². The van der Waals surface area contributed by atoms with Crippen molar-refractivity contribution in [2.24, 2.45) is 0 Å². The number of benzene rings is 2. The number of nitrogens with zero attached hydrogens (tertiary/aromatic N) is 3. The van der Waals surface area contributed by atoms with Crippen molar-refractivity contribution in [3.63, 3.8) is 0 Å². The van der Waals surface area contributed by atoms with Crippen molar-refractivity contribution in [1.82, 2.24) is 19.7 Å². The highest BCUT2D eigenvalue weighted by Crippen LogP contribution is 2.24. The first-order valence-corrected chi connectivity index (χ1v) is 13.0. The molecule has 0 amide bonds. The van der Waals surface area contributed by atoms with Crippen LogP contribution in [0.2, 0.25) is 0 Å². The van der Waals surface area contributed by atoms with Gasteiger partial charge in [0.25, 0.3) is 0 Å². The summed E-state index contributed by atoms with van der Waals surface area (Å²) in [6.45, 7) is 0.350. The standard InChI is InChI=1S/C24H30N4O5S/c1-32-21-9-5-8-19(14-21)23-15-28(27-25-23)13-12-20-10-11-22(24(16-29)33-20)26-34(30,31)17-18-6-3-2-4-7-18/h2-9,14-15,20,22,24,26,29H,10-13,16-17H2,1H3/t20-,22+,24+/m0/s1. The van der Waals surface area contributed by atoms with Crippen LogP contribution in [0.25, 0.3) is 11.3 Å². The molecule has 34 heavy (non-hydrogen) atoms. The molecule has 182 valence electrons. The summed E-state index contributed by atoms with van der Waals surface area (Å²) in [6, 6.07) is 16.2. The summed E-state index contributed by atoms with van der Waals surface area (Å²) in [5.74, 6) is 0.653. The number of rotatable bonds is 10. The van der Waals surface area contributed by atoms with E-state index in [0.717, 1.165) is 17.0 Å². The molecule has 0 aliphatic carbocycles. The number of hydrogen-bond acceptors (Lipinski definition) is 7. The highest BCUT2D eigenvalue weighted by Gasteiger charge is 2.33. The number of aromatic nitrogens is 3. The molecule has 1 fully saturated rings. The van der Waals surface area contributed by atoms with E-state index in [1.165, 1.54) is 0 Å². The molecule has 0 radical (unpaired) electrons. The normalized spacial score (nSPS) is 20.8. The summed E-state index contributed by atoms with van der Waals surface area (Å²) in [5, 5.41) is 18.3. The Morgan fingerprint density at radius 3 is 2.76 bits per heavy atom. The minimum absolute atomic E-state index is 0.100. The average Bonchev–Trinajstić information content (AvgIpc) is 3.33. The molecule has 4 rings (SSSR count). The smallest absolute Gasteiger partial charge is 0.216 e. The second-order valence-corrected chi connectivity index (χ2v) is 10.2. The van der Waals surface area contributed by atoms with Crippen LogP contribution in [0.15, 0.2) is 60.8 Å². The lowest BCUT2D eigenvalue weighted by atomic mass is 9.98. The zero-order valence-corrected chi connectivity index (χ0v) is 19.9. The number of ether oxygens (including phenoxy) is 2. The van der Waals surface area contributed by atoms with Gasteiger partial charge in [0.05, 0.1) is 43.9 Å². The van der Waals surface area contributed by atoms with Crippen LogP contribution >= 0.6 is 0 Å². The summed E-state index contributed by atoms with van der Waals surface area (Å²) in [5.41, 5.74) is 2.39. The number of aliphatic hydroxyl groups excluding tert-OH is 1. The Bertz CT molecular complexity index is 1170. The maximum Gasteiger partial charge on any atom is 0.216 e. The van der Waals surface area contributed by atoms with Gasteiger partial charge in [0.2, 0.25) is 10.0 Å². The molecule has 2 heterocycles. The fourth-order valence-corrected chi connectivity index (χ4v) is 5.59. The first-order valence-electron chi connectivity index (χ1n) is 11.3. The fourth-order valence-electron chi connectivity index (χ4n) is 4.14. The Hall–Kier alpha value is -2.79. The van der Waals surface area contributed by atoms with Crippen molar-refractivity contribution in [3.8, 4) is 17.0 Å². The summed E-state index contributed by atoms with van der Waals surface area (Å²) in [4.78, 5) is 0. The first-order chi connectivity index (χ1) is 16.5. The number of nitrogens with one attached hydrogen (secondary N) is 1. The Kier molecular flexibility index (Phi) is 7.94. The zero-order valence-electron chi connectivity index (χ0n) is 19.1. The molecule has 3 atom stereocenters. The predicted octanol–water partition coefficient (Wildman–Crippen LogP) is 2.37. The van der Waals surface area contributed by atoms with Crippen molar-refractivity contribution >= 4 is 10.0 Å². The lowest BCUT2D eigenvalue weighted by molar-refractivity contribution is -0.0891. The molecule has 1 aliphatic heterocycles. The molecule has 1 aliphatic rings. The maximum absolute atomic E-state index is 12.6. The average molecular weight is 487 g/mol. The van der Waals surface area contributed by atoms with Gasteiger partial charge in [-0.15, -0.1) is 5.10 Å². The second-order valence-electron chi connectivity index (χ2n) is 8.41. The van der Waals surface area contributed by atoms with Crippen molar-refractivity contribution < 1.29 is 23.0 Å². The van der Waals surface area contributed by atoms with Crippen LogP contribution in [-0.2, 0) is 27.1 Å². The SMILES string of the molecule is COc1cccc(-c2cn(CC[C@@H]3CC[C@@H](NS(=O)(=O)Cc4ccccc4)[C@@H](CO)O3)nn2)c1. The van der Waals surface area contributed by atoms with E-state index in [4.69, 9.17) is 9.47 Å². The number of hydrogen-bond donors (Lipinski definition) is 2. The summed E-state index contributed by atoms with van der Waals surface area (Å²) in [6.07, 6.45) is 3.15. The van der Waals surface area contributed by atoms with Gasteiger partial charge in [-0.3, -0.25) is 4.68 Å². The summed E-state index contributed by atoms with van der Waals surface area (Å²) in [7, 11) is -1.93. The van der Waals surface area contributed by atoms with E-state index in [2.05, 4.69) is 15.0 Å². The molecular weight excluding hydrogens is 456 g/mol. The van der Waals surface area contributed by atoms with Gasteiger partial charge in [-0.1, -0.05) is 47.7 Å². The number of aliphatic hydroxyl groups is 1. The molecule has 0 spiro atoms. The molecule has 1 aromatic heterocycles. The lowest BCUT2D eigenvalue weighted by Gasteiger charge is -2.36. The lowest BCUT2D eigenvalue weighted by Crippen LogP contribution is -2.51. The summed E-state index contributed by atoms with van der Waals surface area (Å²) < 4.78 is 41.0. The Morgan fingerprint density at radius 2 is 2.00 bits per heavy atom. The van der Waals surface area contributed by atoms with E-state index in [1.807, 2.05) is 48.7 Å². The van der Waals surface area contributed by atoms with Gasteiger partial charge in [0.1, 0.15) is 11.4 Å². The van der Waals surface area contributed by atoms with Crippen molar-refractivity contribution in [2.45, 2.75) is 49.8 Å². The van der Waals surface area contributed by atoms with E-state index in [9.17, 15) is 13.5 Å². The molecule has 0 saturated carbocycles. The Morgan fingerprint density at radius 1 is 1.18 bits per heavy atom. The Labute approximate surface area is 199 Å². The molecule has 1 saturated heterocycles. The van der Waals surface area contributed by atoms with E-state index < -0.39 is 22.2 Å². The first kappa shape index (κ1) is 24.3. The Balaban J connectivity index is 1.30. The minimum Gasteiger partial charge on any atom is -0.497 e. The van der Waals surface area contributed by atoms with Gasteiger partial charge in [0, 0.05) is 12.1 Å². The van der Waals surface area contributed by atoms with Crippen LogP contribution < -0.4 is 9.46 Å². The van der Waals surface area contributed by atoms with Gasteiger partial charge in [0.15, 0.2) is 0 Å². The second kappa shape index (κ2) is 11.1.